The lowest BCUT2D eigenvalue weighted by Crippen LogP contribution is -2.11. The minimum Gasteiger partial charge on any atom is -0.488 e. The van der Waals surface area contributed by atoms with Gasteiger partial charge in [-0.15, -0.1) is 10.2 Å². The van der Waals surface area contributed by atoms with Gasteiger partial charge in [-0.05, 0) is 87.2 Å². The monoisotopic (exact) mass is 608 g/mol. The Labute approximate surface area is 237 Å². The first-order valence-corrected chi connectivity index (χ1v) is 13.8. The van der Waals surface area contributed by atoms with Crippen LogP contribution in [0, 0.1) is 17.0 Å². The standard InChI is InChI=1S/C28H22BrClN4O3S/c1-18-31-32-28(34(18)24-11-9-23(30)10-12-24)38-27(16-33(35)36)22-8-13-26(25(29)15-22)37-17-19-6-7-20-4-2-3-5-21(20)14-19/h2-15,27H,16-17H2,1H3/t27-/m1/s1. The second kappa shape index (κ2) is 11.6. The lowest BCUT2D eigenvalue weighted by Gasteiger charge is -2.16. The van der Waals surface area contributed by atoms with Crippen LogP contribution in [0.1, 0.15) is 22.2 Å². The highest BCUT2D eigenvalue weighted by Gasteiger charge is 2.24. The number of halogens is 2. The Bertz CT molecular complexity index is 1610. The number of benzene rings is 4. The topological polar surface area (TPSA) is 83.1 Å². The fourth-order valence-electron chi connectivity index (χ4n) is 4.10. The highest BCUT2D eigenvalue weighted by atomic mass is 79.9. The minimum absolute atomic E-state index is 0.277. The smallest absolute Gasteiger partial charge is 0.220 e. The maximum absolute atomic E-state index is 11.6. The van der Waals surface area contributed by atoms with Crippen molar-refractivity contribution in [3.05, 3.63) is 121 Å². The second-order valence-electron chi connectivity index (χ2n) is 8.62. The van der Waals surface area contributed by atoms with Gasteiger partial charge in [-0.2, -0.15) is 0 Å². The molecule has 7 nitrogen and oxygen atoms in total. The number of hydrogen-bond acceptors (Lipinski definition) is 6. The first-order chi connectivity index (χ1) is 18.4. The van der Waals surface area contributed by atoms with Crippen LogP contribution in [0.15, 0.2) is 94.6 Å². The lowest BCUT2D eigenvalue weighted by atomic mass is 10.1. The van der Waals surface area contributed by atoms with Crippen LogP contribution in [0.5, 0.6) is 5.75 Å². The molecule has 1 atom stereocenters. The summed E-state index contributed by atoms with van der Waals surface area (Å²) in [6.07, 6.45) is 0. The van der Waals surface area contributed by atoms with Gasteiger partial charge >= 0.3 is 0 Å². The molecule has 5 rings (SSSR count). The number of hydrogen-bond donors (Lipinski definition) is 0. The third kappa shape index (κ3) is 6.01. The molecule has 10 heteroatoms. The zero-order valence-electron chi connectivity index (χ0n) is 20.3. The molecule has 192 valence electrons. The Hall–Kier alpha value is -3.40. The van der Waals surface area contributed by atoms with Gasteiger partial charge in [-0.1, -0.05) is 65.8 Å². The third-order valence-corrected chi connectivity index (χ3v) is 8.03. The number of nitrogens with zero attached hydrogens (tertiary/aromatic N) is 4. The van der Waals surface area contributed by atoms with E-state index in [0.29, 0.717) is 28.4 Å². The van der Waals surface area contributed by atoms with Crippen LogP contribution in [0.25, 0.3) is 16.5 Å². The van der Waals surface area contributed by atoms with Gasteiger partial charge in [0.1, 0.15) is 23.4 Å². The van der Waals surface area contributed by atoms with Gasteiger partial charge in [-0.25, -0.2) is 0 Å². The van der Waals surface area contributed by atoms with Crippen molar-refractivity contribution in [2.24, 2.45) is 0 Å². The SMILES string of the molecule is Cc1nnc(S[C@H](C[N+](=O)[O-])c2ccc(OCc3ccc4ccccc4c3)c(Br)c2)n1-c1ccc(Cl)cc1. The number of rotatable bonds is 9. The van der Waals surface area contributed by atoms with Gasteiger partial charge in [0.15, 0.2) is 5.16 Å². The quantitative estimate of drug-likeness (QED) is 0.0962. The van der Waals surface area contributed by atoms with E-state index in [4.69, 9.17) is 16.3 Å². The summed E-state index contributed by atoms with van der Waals surface area (Å²) in [5, 5.41) is 23.1. The largest absolute Gasteiger partial charge is 0.488 e. The van der Waals surface area contributed by atoms with Crippen molar-refractivity contribution >= 4 is 50.1 Å². The van der Waals surface area contributed by atoms with Crippen molar-refractivity contribution in [3.63, 3.8) is 0 Å². The average Bonchev–Trinajstić information content (AvgIpc) is 3.27. The number of aryl methyl sites for hydroxylation is 1. The predicted molar refractivity (Wildman–Crippen MR) is 154 cm³/mol. The maximum Gasteiger partial charge on any atom is 0.220 e. The molecular weight excluding hydrogens is 588 g/mol. The molecule has 0 amide bonds. The molecule has 0 unspecified atom stereocenters. The summed E-state index contributed by atoms with van der Waals surface area (Å²) in [4.78, 5) is 11.3. The van der Waals surface area contributed by atoms with Crippen LogP contribution >= 0.6 is 39.3 Å². The molecule has 1 heterocycles. The van der Waals surface area contributed by atoms with Crippen molar-refractivity contribution in [2.75, 3.05) is 6.54 Å². The van der Waals surface area contributed by atoms with Crippen molar-refractivity contribution < 1.29 is 9.66 Å². The number of aromatic nitrogens is 3. The third-order valence-electron chi connectivity index (χ3n) is 5.98. The Morgan fingerprint density at radius 1 is 1.03 bits per heavy atom. The molecule has 0 saturated heterocycles. The Balaban J connectivity index is 1.36. The van der Waals surface area contributed by atoms with E-state index in [1.807, 2.05) is 60.0 Å². The Morgan fingerprint density at radius 3 is 2.53 bits per heavy atom. The van der Waals surface area contributed by atoms with Gasteiger partial charge < -0.3 is 4.74 Å². The molecular formula is C28H22BrClN4O3S. The summed E-state index contributed by atoms with van der Waals surface area (Å²) in [5.74, 6) is 1.33. The number of ether oxygens (including phenoxy) is 1. The zero-order valence-corrected chi connectivity index (χ0v) is 23.4. The van der Waals surface area contributed by atoms with Gasteiger partial charge in [-0.3, -0.25) is 14.7 Å². The van der Waals surface area contributed by atoms with Crippen LogP contribution < -0.4 is 4.74 Å². The summed E-state index contributed by atoms with van der Waals surface area (Å²) in [7, 11) is 0. The Morgan fingerprint density at radius 2 is 1.79 bits per heavy atom. The van der Waals surface area contributed by atoms with Crippen molar-refractivity contribution in [1.29, 1.82) is 0 Å². The van der Waals surface area contributed by atoms with E-state index in [9.17, 15) is 10.1 Å². The van der Waals surface area contributed by atoms with E-state index in [0.717, 1.165) is 26.7 Å². The van der Waals surface area contributed by atoms with E-state index < -0.39 is 5.25 Å². The fourth-order valence-corrected chi connectivity index (χ4v) is 5.91. The van der Waals surface area contributed by atoms with Crippen LogP contribution in [-0.2, 0) is 6.61 Å². The van der Waals surface area contributed by atoms with E-state index in [2.05, 4.69) is 50.4 Å². The van der Waals surface area contributed by atoms with Crippen LogP contribution in [0.3, 0.4) is 0 Å². The minimum atomic E-state index is -0.495. The molecule has 0 saturated carbocycles. The Kier molecular flexibility index (Phi) is 7.97. The highest BCUT2D eigenvalue weighted by molar-refractivity contribution is 9.10. The van der Waals surface area contributed by atoms with Crippen LogP contribution in [0.2, 0.25) is 5.02 Å². The van der Waals surface area contributed by atoms with Gasteiger partial charge in [0.05, 0.1) is 4.47 Å². The zero-order chi connectivity index (χ0) is 26.6. The van der Waals surface area contributed by atoms with E-state index >= 15 is 0 Å². The molecule has 0 N–H and O–H groups in total. The number of thioether (sulfide) groups is 1. The number of fused-ring (bicyclic) bond motifs is 1. The van der Waals surface area contributed by atoms with Gasteiger partial charge in [0, 0.05) is 15.6 Å². The van der Waals surface area contributed by atoms with Crippen molar-refractivity contribution in [1.82, 2.24) is 14.8 Å². The normalized spacial score (nSPS) is 12.0. The summed E-state index contributed by atoms with van der Waals surface area (Å²) < 4.78 is 8.66. The molecule has 1 aromatic heterocycles. The molecule has 0 aliphatic carbocycles. The van der Waals surface area contributed by atoms with Crippen molar-refractivity contribution in [3.8, 4) is 11.4 Å². The van der Waals surface area contributed by atoms with Crippen LogP contribution in [-0.4, -0.2) is 26.2 Å². The fraction of sp³-hybridized carbons (Fsp3) is 0.143. The van der Waals surface area contributed by atoms with E-state index in [1.54, 1.807) is 12.1 Å². The number of nitro groups is 1. The highest BCUT2D eigenvalue weighted by Crippen LogP contribution is 2.39. The predicted octanol–water partition coefficient (Wildman–Crippen LogP) is 7.83. The molecule has 0 spiro atoms. The molecule has 0 bridgehead atoms. The molecule has 0 radical (unpaired) electrons. The van der Waals surface area contributed by atoms with Gasteiger partial charge in [0.2, 0.25) is 6.54 Å². The average molecular weight is 610 g/mol. The molecule has 38 heavy (non-hydrogen) atoms. The maximum atomic E-state index is 11.6. The van der Waals surface area contributed by atoms with Gasteiger partial charge in [0.25, 0.3) is 0 Å². The summed E-state index contributed by atoms with van der Waals surface area (Å²) in [6, 6.07) is 27.3. The molecule has 0 aliphatic rings. The van der Waals surface area contributed by atoms with Crippen LogP contribution in [0.4, 0.5) is 0 Å². The lowest BCUT2D eigenvalue weighted by molar-refractivity contribution is -0.479. The molecule has 0 aliphatic heterocycles. The molecule has 4 aromatic carbocycles. The van der Waals surface area contributed by atoms with Crippen molar-refractivity contribution in [2.45, 2.75) is 23.9 Å². The summed E-state index contributed by atoms with van der Waals surface area (Å²) in [5.41, 5.74) is 2.66. The first-order valence-electron chi connectivity index (χ1n) is 11.7. The van der Waals surface area contributed by atoms with E-state index in [1.165, 1.54) is 17.1 Å². The summed E-state index contributed by atoms with van der Waals surface area (Å²) in [6.45, 7) is 1.96. The molecule has 5 aromatic rings. The second-order valence-corrected chi connectivity index (χ2v) is 11.1. The summed E-state index contributed by atoms with van der Waals surface area (Å²) >= 11 is 10.9. The van der Waals surface area contributed by atoms with E-state index in [-0.39, 0.29) is 11.5 Å². The molecule has 0 fully saturated rings. The first kappa shape index (κ1) is 26.2.